The van der Waals surface area contributed by atoms with Crippen LogP contribution in [0.1, 0.15) is 22.3 Å². The van der Waals surface area contributed by atoms with Crippen LogP contribution in [0.4, 0.5) is 10.8 Å². The number of esters is 1. The number of rotatable bonds is 4. The molecule has 0 spiro atoms. The monoisotopic (exact) mass is 383 g/mol. The topological polar surface area (TPSA) is 80.3 Å². The summed E-state index contributed by atoms with van der Waals surface area (Å²) in [6.45, 7) is 3.66. The van der Waals surface area contributed by atoms with Gasteiger partial charge < -0.3 is 10.1 Å². The predicted molar refractivity (Wildman–Crippen MR) is 99.1 cm³/mol. The number of amides is 1. The summed E-state index contributed by atoms with van der Waals surface area (Å²) in [7, 11) is 0. The molecule has 9 heteroatoms. The number of thiazole rings is 1. The van der Waals surface area contributed by atoms with Crippen LogP contribution in [-0.2, 0) is 9.53 Å². The highest BCUT2D eigenvalue weighted by Crippen LogP contribution is 2.23. The number of anilines is 2. The lowest BCUT2D eigenvalue weighted by atomic mass is 10.3. The molecule has 2 aromatic rings. The minimum absolute atomic E-state index is 0.0391. The van der Waals surface area contributed by atoms with Gasteiger partial charge in [0.1, 0.15) is 4.88 Å². The highest BCUT2D eigenvalue weighted by atomic mass is 35.5. The molecule has 0 aliphatic heterocycles. The number of hydrogen-bond donors (Lipinski definition) is 2. The summed E-state index contributed by atoms with van der Waals surface area (Å²) in [6, 6.07) is 6.83. The molecule has 0 fully saturated rings. The average molecular weight is 384 g/mol. The molecule has 6 nitrogen and oxygen atoms in total. The van der Waals surface area contributed by atoms with Crippen molar-refractivity contribution in [1.29, 1.82) is 0 Å². The largest absolute Gasteiger partial charge is 0.462 e. The average Bonchev–Trinajstić information content (AvgIpc) is 2.88. The van der Waals surface area contributed by atoms with Crippen molar-refractivity contribution < 1.29 is 14.3 Å². The zero-order chi connectivity index (χ0) is 17.7. The highest BCUT2D eigenvalue weighted by Gasteiger charge is 2.18. The number of ether oxygens (including phenoxy) is 1. The number of nitrogens with one attached hydrogen (secondary N) is 2. The maximum absolute atomic E-state index is 12.1. The number of aromatic nitrogens is 1. The molecule has 2 rings (SSSR count). The number of halogens is 1. The van der Waals surface area contributed by atoms with Crippen molar-refractivity contribution in [3.8, 4) is 0 Å². The third-order valence-electron chi connectivity index (χ3n) is 2.77. The van der Waals surface area contributed by atoms with Crippen LogP contribution in [0.25, 0.3) is 0 Å². The van der Waals surface area contributed by atoms with Gasteiger partial charge in [-0.1, -0.05) is 41.2 Å². The van der Waals surface area contributed by atoms with Gasteiger partial charge in [-0.25, -0.2) is 9.78 Å². The molecule has 24 heavy (non-hydrogen) atoms. The summed E-state index contributed by atoms with van der Waals surface area (Å²) in [5, 5.41) is 6.15. The molecule has 0 aliphatic rings. The lowest BCUT2D eigenvalue weighted by Crippen LogP contribution is -2.27. The smallest absolute Gasteiger partial charge is 0.350 e. The molecule has 0 saturated heterocycles. The molecule has 0 radical (unpaired) electrons. The van der Waals surface area contributed by atoms with Crippen molar-refractivity contribution >= 4 is 62.8 Å². The van der Waals surface area contributed by atoms with Crippen LogP contribution in [-0.4, -0.2) is 28.5 Å². The Kier molecular flexibility index (Phi) is 6.24. The minimum atomic E-state index is -0.533. The molecule has 126 valence electrons. The van der Waals surface area contributed by atoms with Gasteiger partial charge >= 0.3 is 5.97 Å². The summed E-state index contributed by atoms with van der Waals surface area (Å²) >= 11 is 12.0. The van der Waals surface area contributed by atoms with Crippen molar-refractivity contribution in [2.75, 3.05) is 17.2 Å². The Morgan fingerprint density at radius 2 is 2.12 bits per heavy atom. The van der Waals surface area contributed by atoms with Crippen LogP contribution in [0, 0.1) is 6.92 Å². The van der Waals surface area contributed by atoms with Gasteiger partial charge in [0.25, 0.3) is 5.91 Å². The van der Waals surface area contributed by atoms with E-state index in [1.165, 1.54) is 0 Å². The Labute approximate surface area is 153 Å². The minimum Gasteiger partial charge on any atom is -0.462 e. The van der Waals surface area contributed by atoms with Crippen LogP contribution >= 0.6 is 35.2 Å². The number of benzene rings is 1. The zero-order valence-corrected chi connectivity index (χ0v) is 15.3. The number of thiocarbonyl (C=S) groups is 1. The van der Waals surface area contributed by atoms with Crippen LogP contribution in [0.3, 0.4) is 0 Å². The third-order valence-corrected chi connectivity index (χ3v) is 4.34. The molecule has 1 aromatic heterocycles. The molecule has 0 aliphatic carbocycles. The first kappa shape index (κ1) is 18.3. The summed E-state index contributed by atoms with van der Waals surface area (Å²) < 4.78 is 4.93. The fourth-order valence-electron chi connectivity index (χ4n) is 1.74. The lowest BCUT2D eigenvalue weighted by molar-refractivity contribution is -0.110. The van der Waals surface area contributed by atoms with Crippen LogP contribution in [0.2, 0.25) is 5.02 Å². The Morgan fingerprint density at radius 3 is 2.79 bits per heavy atom. The fraction of sp³-hybridized carbons (Fsp3) is 0.200. The summed E-state index contributed by atoms with van der Waals surface area (Å²) in [6.07, 6.45) is 0. The van der Waals surface area contributed by atoms with Crippen molar-refractivity contribution in [2.24, 2.45) is 0 Å². The van der Waals surface area contributed by atoms with Gasteiger partial charge in [0.05, 0.1) is 12.3 Å². The Morgan fingerprint density at radius 1 is 1.38 bits per heavy atom. The zero-order valence-electron chi connectivity index (χ0n) is 12.9. The van der Waals surface area contributed by atoms with Gasteiger partial charge in [-0.05, 0) is 32.0 Å². The molecule has 0 unspecified atom stereocenters. The molecular formula is C15H14ClN3O3S2. The molecule has 0 bridgehead atoms. The van der Waals surface area contributed by atoms with Crippen molar-refractivity contribution in [1.82, 2.24) is 4.98 Å². The van der Waals surface area contributed by atoms with E-state index in [2.05, 4.69) is 15.6 Å². The van der Waals surface area contributed by atoms with E-state index in [0.717, 1.165) is 11.3 Å². The SMILES string of the molecule is CCOC(=O)c1sc(NC(=O)C(=S)Nc2cccc(Cl)c2)nc1C. The molecule has 2 N–H and O–H groups in total. The summed E-state index contributed by atoms with van der Waals surface area (Å²) in [5.74, 6) is -0.998. The van der Waals surface area contributed by atoms with Gasteiger partial charge in [-0.3, -0.25) is 10.1 Å². The summed E-state index contributed by atoms with van der Waals surface area (Å²) in [5.41, 5.74) is 1.09. The maximum atomic E-state index is 12.1. The van der Waals surface area contributed by atoms with E-state index in [1.54, 1.807) is 38.1 Å². The molecule has 0 atom stereocenters. The standard InChI is InChI=1S/C15H14ClN3O3S2/c1-3-22-14(21)11-8(2)17-15(24-11)19-12(20)13(23)18-10-6-4-5-9(16)7-10/h4-7H,3H2,1-2H3,(H,18,23)(H,17,19,20). The summed E-state index contributed by atoms with van der Waals surface area (Å²) in [4.78, 5) is 28.3. The number of carbonyl (C=O) groups is 2. The second kappa shape index (κ2) is 8.18. The highest BCUT2D eigenvalue weighted by molar-refractivity contribution is 7.82. The Bertz CT molecular complexity index is 792. The van der Waals surface area contributed by atoms with Gasteiger partial charge in [0.15, 0.2) is 10.1 Å². The maximum Gasteiger partial charge on any atom is 0.350 e. The quantitative estimate of drug-likeness (QED) is 0.619. The number of nitrogens with zero attached hydrogens (tertiary/aromatic N) is 1. The first-order valence-corrected chi connectivity index (χ1v) is 8.53. The van der Waals surface area contributed by atoms with Crippen molar-refractivity contribution in [3.05, 3.63) is 39.9 Å². The molecule has 0 saturated carbocycles. The van der Waals surface area contributed by atoms with Crippen LogP contribution in [0.15, 0.2) is 24.3 Å². The first-order valence-electron chi connectivity index (χ1n) is 6.93. The van der Waals surface area contributed by atoms with Gasteiger partial charge in [0.2, 0.25) is 0 Å². The van der Waals surface area contributed by atoms with E-state index < -0.39 is 11.9 Å². The third kappa shape index (κ3) is 4.73. The second-order valence-corrected chi connectivity index (χ2v) is 6.42. The molecule has 1 aromatic carbocycles. The van der Waals surface area contributed by atoms with E-state index in [1.807, 2.05) is 0 Å². The number of aryl methyl sites for hydroxylation is 1. The Hall–Kier alpha value is -2.03. The van der Waals surface area contributed by atoms with Gasteiger partial charge in [-0.2, -0.15) is 0 Å². The normalized spacial score (nSPS) is 10.1. The molecule has 1 heterocycles. The van der Waals surface area contributed by atoms with E-state index in [-0.39, 0.29) is 16.7 Å². The number of carbonyl (C=O) groups excluding carboxylic acids is 2. The second-order valence-electron chi connectivity index (χ2n) is 4.57. The van der Waals surface area contributed by atoms with E-state index in [9.17, 15) is 9.59 Å². The van der Waals surface area contributed by atoms with Gasteiger partial charge in [0, 0.05) is 10.7 Å². The molecule has 1 amide bonds. The first-order chi connectivity index (χ1) is 11.4. The van der Waals surface area contributed by atoms with E-state index in [0.29, 0.717) is 21.3 Å². The van der Waals surface area contributed by atoms with E-state index >= 15 is 0 Å². The van der Waals surface area contributed by atoms with E-state index in [4.69, 9.17) is 28.6 Å². The fourth-order valence-corrected chi connectivity index (χ4v) is 2.96. The number of hydrogen-bond acceptors (Lipinski definition) is 6. The Balaban J connectivity index is 2.02. The lowest BCUT2D eigenvalue weighted by Gasteiger charge is -2.07. The van der Waals surface area contributed by atoms with Crippen LogP contribution in [0.5, 0.6) is 0 Å². The molecular weight excluding hydrogens is 370 g/mol. The van der Waals surface area contributed by atoms with Crippen molar-refractivity contribution in [3.63, 3.8) is 0 Å². The van der Waals surface area contributed by atoms with Gasteiger partial charge in [-0.15, -0.1) is 0 Å². The predicted octanol–water partition coefficient (Wildman–Crippen LogP) is 3.66. The van der Waals surface area contributed by atoms with Crippen molar-refractivity contribution in [2.45, 2.75) is 13.8 Å². The van der Waals surface area contributed by atoms with Crippen LogP contribution < -0.4 is 10.6 Å².